The van der Waals surface area contributed by atoms with E-state index in [2.05, 4.69) is 19.2 Å². The molecule has 1 atom stereocenters. The van der Waals surface area contributed by atoms with Gasteiger partial charge < -0.3 is 5.32 Å². The third-order valence-corrected chi connectivity index (χ3v) is 3.57. The molecule has 3 nitrogen and oxygen atoms in total. The molecule has 0 saturated carbocycles. The highest BCUT2D eigenvalue weighted by Crippen LogP contribution is 2.21. The van der Waals surface area contributed by atoms with E-state index in [4.69, 9.17) is 0 Å². The molecular formula is C12H19NO2S. The fourth-order valence-corrected chi connectivity index (χ4v) is 2.53. The molecule has 1 aromatic rings. The molecule has 1 aromatic carbocycles. The van der Waals surface area contributed by atoms with Crippen LogP contribution in [-0.4, -0.2) is 20.7 Å². The highest BCUT2D eigenvalue weighted by molar-refractivity contribution is 7.90. The molecule has 16 heavy (non-hydrogen) atoms. The number of nitrogens with one attached hydrogen (secondary N) is 1. The molecule has 0 aliphatic heterocycles. The largest absolute Gasteiger partial charge is 0.382 e. The summed E-state index contributed by atoms with van der Waals surface area (Å²) in [5.74, 6) is 0. The number of sulfone groups is 1. The van der Waals surface area contributed by atoms with Gasteiger partial charge in [-0.3, -0.25) is 0 Å². The predicted molar refractivity (Wildman–Crippen MR) is 67.5 cm³/mol. The second-order valence-electron chi connectivity index (χ2n) is 4.10. The first kappa shape index (κ1) is 13.0. The first-order chi connectivity index (χ1) is 7.45. The topological polar surface area (TPSA) is 46.2 Å². The summed E-state index contributed by atoms with van der Waals surface area (Å²) in [5, 5.41) is 3.24. The van der Waals surface area contributed by atoms with Crippen molar-refractivity contribution in [2.45, 2.75) is 37.6 Å². The number of para-hydroxylation sites is 1. The molecule has 0 heterocycles. The van der Waals surface area contributed by atoms with E-state index in [9.17, 15) is 8.42 Å². The summed E-state index contributed by atoms with van der Waals surface area (Å²) in [7, 11) is -3.16. The quantitative estimate of drug-likeness (QED) is 0.862. The summed E-state index contributed by atoms with van der Waals surface area (Å²) in [6.07, 6.45) is 3.34. The Kier molecular flexibility index (Phi) is 4.35. The lowest BCUT2D eigenvalue weighted by Gasteiger charge is -2.16. The average Bonchev–Trinajstić information content (AvgIpc) is 2.17. The maximum absolute atomic E-state index is 11.6. The normalized spacial score (nSPS) is 13.4. The molecule has 0 aliphatic rings. The van der Waals surface area contributed by atoms with Crippen molar-refractivity contribution in [2.24, 2.45) is 0 Å². The fourth-order valence-electron chi connectivity index (χ4n) is 1.68. The highest BCUT2D eigenvalue weighted by atomic mass is 32.2. The van der Waals surface area contributed by atoms with Crippen LogP contribution >= 0.6 is 0 Å². The van der Waals surface area contributed by atoms with E-state index < -0.39 is 9.84 Å². The second kappa shape index (κ2) is 5.34. The van der Waals surface area contributed by atoms with Crippen molar-refractivity contribution in [3.05, 3.63) is 24.3 Å². The number of hydrogen-bond acceptors (Lipinski definition) is 3. The molecule has 90 valence electrons. The van der Waals surface area contributed by atoms with Gasteiger partial charge in [0.05, 0.1) is 10.6 Å². The third-order valence-electron chi connectivity index (χ3n) is 2.41. The second-order valence-corrected chi connectivity index (χ2v) is 6.09. The molecule has 0 radical (unpaired) electrons. The van der Waals surface area contributed by atoms with E-state index in [0.717, 1.165) is 12.8 Å². The van der Waals surface area contributed by atoms with Gasteiger partial charge in [0.2, 0.25) is 0 Å². The Morgan fingerprint density at radius 3 is 2.50 bits per heavy atom. The molecule has 0 aliphatic carbocycles. The molecule has 0 amide bonds. The van der Waals surface area contributed by atoms with Crippen molar-refractivity contribution < 1.29 is 8.42 Å². The van der Waals surface area contributed by atoms with Crippen LogP contribution in [0.1, 0.15) is 26.7 Å². The van der Waals surface area contributed by atoms with Crippen molar-refractivity contribution in [1.29, 1.82) is 0 Å². The predicted octanol–water partition coefficient (Wildman–Crippen LogP) is 2.69. The summed E-state index contributed by atoms with van der Waals surface area (Å²) in [4.78, 5) is 0.373. The van der Waals surface area contributed by atoms with Crippen molar-refractivity contribution in [3.63, 3.8) is 0 Å². The van der Waals surface area contributed by atoms with Crippen LogP contribution in [-0.2, 0) is 9.84 Å². The van der Waals surface area contributed by atoms with Crippen LogP contribution in [0.3, 0.4) is 0 Å². The summed E-state index contributed by atoms with van der Waals surface area (Å²) >= 11 is 0. The minimum atomic E-state index is -3.16. The van der Waals surface area contributed by atoms with E-state index in [-0.39, 0.29) is 6.04 Å². The molecule has 4 heteroatoms. The van der Waals surface area contributed by atoms with Crippen LogP contribution in [0, 0.1) is 0 Å². The van der Waals surface area contributed by atoms with Gasteiger partial charge in [-0.1, -0.05) is 25.5 Å². The van der Waals surface area contributed by atoms with Crippen molar-refractivity contribution in [2.75, 3.05) is 11.6 Å². The lowest BCUT2D eigenvalue weighted by molar-refractivity contribution is 0.601. The number of hydrogen-bond donors (Lipinski definition) is 1. The minimum Gasteiger partial charge on any atom is -0.382 e. The first-order valence-electron chi connectivity index (χ1n) is 5.50. The summed E-state index contributed by atoms with van der Waals surface area (Å²) < 4.78 is 23.1. The standard InChI is InChI=1S/C12H19NO2S/c1-4-7-10(2)13-11-8-5-6-9-12(11)16(3,14)15/h5-6,8-10,13H,4,7H2,1-3H3. The Labute approximate surface area is 97.8 Å². The molecule has 0 aromatic heterocycles. The zero-order valence-electron chi connectivity index (χ0n) is 10.0. The summed E-state index contributed by atoms with van der Waals surface area (Å²) in [6.45, 7) is 4.17. The molecule has 0 spiro atoms. The van der Waals surface area contributed by atoms with Crippen molar-refractivity contribution in [1.82, 2.24) is 0 Å². The van der Waals surface area contributed by atoms with Crippen LogP contribution in [0.4, 0.5) is 5.69 Å². The van der Waals surface area contributed by atoms with Gasteiger partial charge in [0.1, 0.15) is 0 Å². The Morgan fingerprint density at radius 1 is 1.31 bits per heavy atom. The van der Waals surface area contributed by atoms with Gasteiger partial charge in [-0.25, -0.2) is 8.42 Å². The lowest BCUT2D eigenvalue weighted by Crippen LogP contribution is -2.16. The monoisotopic (exact) mass is 241 g/mol. The lowest BCUT2D eigenvalue weighted by atomic mass is 10.2. The maximum Gasteiger partial charge on any atom is 0.177 e. The van der Waals surface area contributed by atoms with Gasteiger partial charge in [0.25, 0.3) is 0 Å². The highest BCUT2D eigenvalue weighted by Gasteiger charge is 2.13. The number of rotatable bonds is 5. The van der Waals surface area contributed by atoms with Crippen LogP contribution < -0.4 is 5.32 Å². The Balaban J connectivity index is 2.96. The van der Waals surface area contributed by atoms with Crippen LogP contribution in [0.2, 0.25) is 0 Å². The van der Waals surface area contributed by atoms with Crippen molar-refractivity contribution >= 4 is 15.5 Å². The average molecular weight is 241 g/mol. The van der Waals surface area contributed by atoms with Gasteiger partial charge in [0.15, 0.2) is 9.84 Å². The Bertz CT molecular complexity index is 440. The Morgan fingerprint density at radius 2 is 1.94 bits per heavy atom. The van der Waals surface area contributed by atoms with Crippen LogP contribution in [0.5, 0.6) is 0 Å². The molecule has 0 fully saturated rings. The van der Waals surface area contributed by atoms with Gasteiger partial charge in [-0.15, -0.1) is 0 Å². The number of anilines is 1. The first-order valence-corrected chi connectivity index (χ1v) is 7.40. The van der Waals surface area contributed by atoms with E-state index in [1.165, 1.54) is 6.26 Å². The zero-order chi connectivity index (χ0) is 12.2. The SMILES string of the molecule is CCCC(C)Nc1ccccc1S(C)(=O)=O. The smallest absolute Gasteiger partial charge is 0.177 e. The Hall–Kier alpha value is -1.03. The van der Waals surface area contributed by atoms with Gasteiger partial charge in [0, 0.05) is 12.3 Å². The molecule has 1 unspecified atom stereocenters. The van der Waals surface area contributed by atoms with Gasteiger partial charge in [-0.05, 0) is 25.5 Å². The van der Waals surface area contributed by atoms with Crippen molar-refractivity contribution in [3.8, 4) is 0 Å². The third kappa shape index (κ3) is 3.52. The molecule has 1 rings (SSSR count). The number of benzene rings is 1. The van der Waals surface area contributed by atoms with E-state index in [1.54, 1.807) is 12.1 Å². The van der Waals surface area contributed by atoms with E-state index in [0.29, 0.717) is 10.6 Å². The molecular weight excluding hydrogens is 222 g/mol. The minimum absolute atomic E-state index is 0.285. The van der Waals surface area contributed by atoms with E-state index in [1.807, 2.05) is 12.1 Å². The van der Waals surface area contributed by atoms with Gasteiger partial charge in [-0.2, -0.15) is 0 Å². The summed E-state index contributed by atoms with van der Waals surface area (Å²) in [6, 6.07) is 7.31. The van der Waals surface area contributed by atoms with Crippen LogP contribution in [0.25, 0.3) is 0 Å². The van der Waals surface area contributed by atoms with Crippen LogP contribution in [0.15, 0.2) is 29.2 Å². The maximum atomic E-state index is 11.6. The molecule has 1 N–H and O–H groups in total. The zero-order valence-corrected chi connectivity index (χ0v) is 10.8. The summed E-state index contributed by atoms with van der Waals surface area (Å²) in [5.41, 5.74) is 0.700. The fraction of sp³-hybridized carbons (Fsp3) is 0.500. The van der Waals surface area contributed by atoms with Gasteiger partial charge >= 0.3 is 0 Å². The molecule has 0 saturated heterocycles. The molecule has 0 bridgehead atoms. The van der Waals surface area contributed by atoms with E-state index >= 15 is 0 Å².